The standard InChI is InChI=1S/C26H31N5S.ClH/c1-16-5-4-6-20(17(16)2)23-21-8-7-19(24-18(3)28-15-32-24)11-22(21)29-25(30-23)31-10-9-26(14-31)12-27-13-26;/h4-6,15,19,27H,7-14H2,1-3H3;1H. The Morgan fingerprint density at radius 3 is 2.70 bits per heavy atom. The Labute approximate surface area is 206 Å². The molecule has 2 saturated heterocycles. The maximum atomic E-state index is 5.25. The molecule has 3 aromatic rings. The molecule has 0 saturated carbocycles. The summed E-state index contributed by atoms with van der Waals surface area (Å²) < 4.78 is 0. The number of benzene rings is 1. The fourth-order valence-electron chi connectivity index (χ4n) is 5.77. The largest absolute Gasteiger partial charge is 0.340 e. The van der Waals surface area contributed by atoms with Gasteiger partial charge in [-0.2, -0.15) is 0 Å². The van der Waals surface area contributed by atoms with E-state index in [1.54, 1.807) is 11.3 Å². The first-order valence-electron chi connectivity index (χ1n) is 11.8. The number of anilines is 1. The highest BCUT2D eigenvalue weighted by molar-refractivity contribution is 7.09. The molecule has 6 rings (SSSR count). The zero-order valence-electron chi connectivity index (χ0n) is 19.6. The van der Waals surface area contributed by atoms with Crippen molar-refractivity contribution in [3.05, 3.63) is 56.7 Å². The van der Waals surface area contributed by atoms with Gasteiger partial charge in [0.15, 0.2) is 0 Å². The summed E-state index contributed by atoms with van der Waals surface area (Å²) in [5.41, 5.74) is 11.3. The van der Waals surface area contributed by atoms with E-state index in [9.17, 15) is 0 Å². The van der Waals surface area contributed by atoms with Crippen molar-refractivity contribution >= 4 is 29.7 Å². The third-order valence-electron chi connectivity index (χ3n) is 8.00. The van der Waals surface area contributed by atoms with Gasteiger partial charge in [-0.05, 0) is 57.6 Å². The Morgan fingerprint density at radius 1 is 1.15 bits per heavy atom. The highest BCUT2D eigenvalue weighted by Gasteiger charge is 2.44. The third-order valence-corrected chi connectivity index (χ3v) is 9.09. The summed E-state index contributed by atoms with van der Waals surface area (Å²) in [7, 11) is 0. The molecule has 1 aliphatic carbocycles. The van der Waals surface area contributed by atoms with Crippen LogP contribution in [0.4, 0.5) is 5.95 Å². The number of rotatable bonds is 3. The van der Waals surface area contributed by atoms with Gasteiger partial charge < -0.3 is 10.2 Å². The van der Waals surface area contributed by atoms with Gasteiger partial charge in [0.05, 0.1) is 22.6 Å². The van der Waals surface area contributed by atoms with Crippen molar-refractivity contribution < 1.29 is 0 Å². The van der Waals surface area contributed by atoms with Crippen molar-refractivity contribution in [1.82, 2.24) is 20.3 Å². The minimum absolute atomic E-state index is 0. The monoisotopic (exact) mass is 481 g/mol. The highest BCUT2D eigenvalue weighted by atomic mass is 35.5. The molecular weight excluding hydrogens is 450 g/mol. The molecule has 5 nitrogen and oxygen atoms in total. The summed E-state index contributed by atoms with van der Waals surface area (Å²) in [6, 6.07) is 6.61. The summed E-state index contributed by atoms with van der Waals surface area (Å²) >= 11 is 1.80. The Morgan fingerprint density at radius 2 is 2.00 bits per heavy atom. The van der Waals surface area contributed by atoms with Crippen LogP contribution in [0, 0.1) is 26.2 Å². The Balaban J connectivity index is 0.00000228. The van der Waals surface area contributed by atoms with Crippen LogP contribution in [-0.2, 0) is 12.8 Å². The molecule has 174 valence electrons. The zero-order chi connectivity index (χ0) is 21.9. The van der Waals surface area contributed by atoms with Gasteiger partial charge in [-0.3, -0.25) is 0 Å². The summed E-state index contributed by atoms with van der Waals surface area (Å²) in [5.74, 6) is 1.45. The second kappa shape index (κ2) is 8.64. The second-order valence-corrected chi connectivity index (χ2v) is 10.9. The normalized spacial score (nSPS) is 20.9. The van der Waals surface area contributed by atoms with Gasteiger partial charge in [0.1, 0.15) is 0 Å². The fraction of sp³-hybridized carbons (Fsp3) is 0.500. The number of nitrogens with one attached hydrogen (secondary N) is 1. The molecule has 7 heteroatoms. The number of halogens is 1. The number of hydrogen-bond acceptors (Lipinski definition) is 6. The van der Waals surface area contributed by atoms with Crippen LogP contribution < -0.4 is 10.2 Å². The van der Waals surface area contributed by atoms with Gasteiger partial charge >= 0.3 is 0 Å². The minimum atomic E-state index is 0. The number of nitrogens with zero attached hydrogens (tertiary/aromatic N) is 4. The van der Waals surface area contributed by atoms with Crippen LogP contribution in [0.5, 0.6) is 0 Å². The van der Waals surface area contributed by atoms with E-state index in [0.717, 1.165) is 51.4 Å². The number of thiazole rings is 1. The van der Waals surface area contributed by atoms with E-state index in [1.807, 2.05) is 5.51 Å². The second-order valence-electron chi connectivity index (χ2n) is 10.1. The first kappa shape index (κ1) is 22.8. The van der Waals surface area contributed by atoms with E-state index < -0.39 is 0 Å². The van der Waals surface area contributed by atoms with Gasteiger partial charge in [0, 0.05) is 53.5 Å². The fourth-order valence-corrected chi connectivity index (χ4v) is 6.72. The number of aryl methyl sites for hydroxylation is 2. The molecule has 1 unspecified atom stereocenters. The summed E-state index contributed by atoms with van der Waals surface area (Å²) in [6.45, 7) is 11.0. The molecule has 1 spiro atoms. The van der Waals surface area contributed by atoms with Crippen molar-refractivity contribution in [2.45, 2.75) is 52.4 Å². The van der Waals surface area contributed by atoms with Gasteiger partial charge in [-0.1, -0.05) is 18.2 Å². The Hall–Kier alpha value is -2.02. The lowest BCUT2D eigenvalue weighted by atomic mass is 9.81. The van der Waals surface area contributed by atoms with Crippen LogP contribution in [0.15, 0.2) is 23.7 Å². The number of fused-ring (bicyclic) bond motifs is 1. The lowest BCUT2D eigenvalue weighted by Crippen LogP contribution is -2.54. The molecular formula is C26H32ClN5S. The molecule has 2 fully saturated rings. The molecule has 3 aliphatic rings. The molecule has 1 aromatic carbocycles. The van der Waals surface area contributed by atoms with E-state index in [2.05, 4.69) is 54.2 Å². The Bertz CT molecular complexity index is 1190. The number of aromatic nitrogens is 3. The first-order chi connectivity index (χ1) is 15.5. The lowest BCUT2D eigenvalue weighted by Gasteiger charge is -2.39. The molecule has 33 heavy (non-hydrogen) atoms. The average Bonchev–Trinajstić information content (AvgIpc) is 3.41. The third kappa shape index (κ3) is 3.86. The quantitative estimate of drug-likeness (QED) is 0.569. The predicted molar refractivity (Wildman–Crippen MR) is 138 cm³/mol. The van der Waals surface area contributed by atoms with E-state index in [1.165, 1.54) is 50.6 Å². The summed E-state index contributed by atoms with van der Waals surface area (Å²) in [6.07, 6.45) is 4.41. The van der Waals surface area contributed by atoms with Gasteiger partial charge in [-0.25, -0.2) is 15.0 Å². The van der Waals surface area contributed by atoms with E-state index in [-0.39, 0.29) is 12.4 Å². The number of hydrogen-bond donors (Lipinski definition) is 1. The van der Waals surface area contributed by atoms with Gasteiger partial charge in [0.25, 0.3) is 0 Å². The molecule has 1 N–H and O–H groups in total. The van der Waals surface area contributed by atoms with Crippen LogP contribution in [0.25, 0.3) is 11.3 Å². The summed E-state index contributed by atoms with van der Waals surface area (Å²) in [5, 5.41) is 3.47. The van der Waals surface area contributed by atoms with Crippen molar-refractivity contribution in [2.75, 3.05) is 31.1 Å². The lowest BCUT2D eigenvalue weighted by molar-refractivity contribution is 0.199. The van der Waals surface area contributed by atoms with E-state index in [4.69, 9.17) is 9.97 Å². The van der Waals surface area contributed by atoms with Crippen molar-refractivity contribution in [2.24, 2.45) is 5.41 Å². The Kier molecular flexibility index (Phi) is 5.96. The summed E-state index contributed by atoms with van der Waals surface area (Å²) in [4.78, 5) is 18.9. The van der Waals surface area contributed by atoms with Crippen LogP contribution in [0.3, 0.4) is 0 Å². The van der Waals surface area contributed by atoms with Crippen LogP contribution in [0.1, 0.15) is 51.7 Å². The topological polar surface area (TPSA) is 53.9 Å². The highest BCUT2D eigenvalue weighted by Crippen LogP contribution is 2.41. The van der Waals surface area contributed by atoms with Crippen LogP contribution in [-0.4, -0.2) is 41.1 Å². The minimum Gasteiger partial charge on any atom is -0.340 e. The molecule has 2 aliphatic heterocycles. The van der Waals surface area contributed by atoms with Gasteiger partial charge in [-0.15, -0.1) is 23.7 Å². The van der Waals surface area contributed by atoms with Crippen LogP contribution in [0.2, 0.25) is 0 Å². The molecule has 0 radical (unpaired) electrons. The molecule has 0 amide bonds. The maximum absolute atomic E-state index is 5.25. The van der Waals surface area contributed by atoms with Crippen molar-refractivity contribution in [3.63, 3.8) is 0 Å². The zero-order valence-corrected chi connectivity index (χ0v) is 21.3. The van der Waals surface area contributed by atoms with Crippen molar-refractivity contribution in [3.8, 4) is 11.3 Å². The average molecular weight is 482 g/mol. The first-order valence-corrected chi connectivity index (χ1v) is 12.7. The van der Waals surface area contributed by atoms with Crippen molar-refractivity contribution in [1.29, 1.82) is 0 Å². The molecule has 4 heterocycles. The van der Waals surface area contributed by atoms with Crippen LogP contribution >= 0.6 is 23.7 Å². The van der Waals surface area contributed by atoms with E-state index in [0.29, 0.717) is 11.3 Å². The SMILES string of the molecule is Cc1cccc(-c2nc(N3CCC4(CNC4)C3)nc3c2CCC(c2scnc2C)C3)c1C.Cl. The molecule has 2 aromatic heterocycles. The molecule has 0 bridgehead atoms. The van der Waals surface area contributed by atoms with E-state index >= 15 is 0 Å². The van der Waals surface area contributed by atoms with Gasteiger partial charge in [0.2, 0.25) is 5.95 Å². The maximum Gasteiger partial charge on any atom is 0.226 e. The predicted octanol–water partition coefficient (Wildman–Crippen LogP) is 5.02. The smallest absolute Gasteiger partial charge is 0.226 e. The molecule has 1 atom stereocenters.